The van der Waals surface area contributed by atoms with Crippen molar-refractivity contribution in [3.63, 3.8) is 0 Å². The fourth-order valence-corrected chi connectivity index (χ4v) is 1.86. The van der Waals surface area contributed by atoms with E-state index in [0.29, 0.717) is 6.61 Å². The predicted molar refractivity (Wildman–Crippen MR) is 76.5 cm³/mol. The Bertz CT molecular complexity index is 594. The zero-order valence-corrected chi connectivity index (χ0v) is 11.2. The van der Waals surface area contributed by atoms with Gasteiger partial charge in [0.2, 0.25) is 0 Å². The number of nitrogens with two attached hydrogens (primary N) is 1. The van der Waals surface area contributed by atoms with Crippen LogP contribution in [0.15, 0.2) is 48.5 Å². The second-order valence-corrected chi connectivity index (χ2v) is 4.54. The Morgan fingerprint density at radius 2 is 1.85 bits per heavy atom. The summed E-state index contributed by atoms with van der Waals surface area (Å²) in [5.74, 6) is 0.737. The first-order chi connectivity index (χ1) is 9.58. The van der Waals surface area contributed by atoms with Crippen LogP contribution in [0.5, 0.6) is 5.75 Å². The van der Waals surface area contributed by atoms with Crippen LogP contribution in [0.1, 0.15) is 24.1 Å². The molecule has 0 heterocycles. The number of nitrogens with zero attached hydrogens (tertiary/aromatic N) is 1. The van der Waals surface area contributed by atoms with Crippen molar-refractivity contribution in [3.8, 4) is 5.75 Å². The Balaban J connectivity index is 2.07. The van der Waals surface area contributed by atoms with Crippen LogP contribution in [-0.4, -0.2) is 4.92 Å². The van der Waals surface area contributed by atoms with Gasteiger partial charge in [-0.25, -0.2) is 0 Å². The number of nitro benzene ring substituents is 1. The fraction of sp³-hybridized carbons (Fsp3) is 0.200. The molecule has 2 aromatic carbocycles. The van der Waals surface area contributed by atoms with Crippen molar-refractivity contribution in [3.05, 3.63) is 69.8 Å². The van der Waals surface area contributed by atoms with Gasteiger partial charge in [-0.05, 0) is 30.7 Å². The summed E-state index contributed by atoms with van der Waals surface area (Å²) in [5.41, 5.74) is 7.77. The normalized spacial score (nSPS) is 11.9. The van der Waals surface area contributed by atoms with Crippen molar-refractivity contribution < 1.29 is 9.66 Å². The summed E-state index contributed by atoms with van der Waals surface area (Å²) in [4.78, 5) is 10.2. The molecule has 2 rings (SSSR count). The Morgan fingerprint density at radius 1 is 1.20 bits per heavy atom. The number of nitro groups is 1. The molecule has 5 nitrogen and oxygen atoms in total. The van der Waals surface area contributed by atoms with Gasteiger partial charge in [-0.1, -0.05) is 18.2 Å². The lowest BCUT2D eigenvalue weighted by atomic mass is 10.1. The lowest BCUT2D eigenvalue weighted by Gasteiger charge is -2.13. The molecule has 2 N–H and O–H groups in total. The molecule has 0 spiro atoms. The summed E-state index contributed by atoms with van der Waals surface area (Å²) < 4.78 is 5.73. The number of hydrogen-bond donors (Lipinski definition) is 1. The van der Waals surface area contributed by atoms with E-state index < -0.39 is 4.92 Å². The Labute approximate surface area is 117 Å². The second-order valence-electron chi connectivity index (χ2n) is 4.54. The molecule has 0 unspecified atom stereocenters. The summed E-state index contributed by atoms with van der Waals surface area (Å²) in [6.45, 7) is 2.25. The minimum Gasteiger partial charge on any atom is -0.489 e. The zero-order chi connectivity index (χ0) is 14.5. The molecule has 0 saturated heterocycles. The third-order valence-electron chi connectivity index (χ3n) is 2.95. The van der Waals surface area contributed by atoms with E-state index in [1.165, 1.54) is 12.1 Å². The first kappa shape index (κ1) is 14.0. The Morgan fingerprint density at radius 3 is 2.45 bits per heavy atom. The lowest BCUT2D eigenvalue weighted by Crippen LogP contribution is -2.07. The highest BCUT2D eigenvalue weighted by Crippen LogP contribution is 2.24. The van der Waals surface area contributed by atoms with Crippen LogP contribution in [-0.2, 0) is 6.61 Å². The van der Waals surface area contributed by atoms with Crippen molar-refractivity contribution in [2.24, 2.45) is 5.73 Å². The molecule has 0 aliphatic rings. The van der Waals surface area contributed by atoms with E-state index >= 15 is 0 Å². The SMILES string of the molecule is C[C@@H](N)c1ccccc1OCc1ccc([N+](=O)[O-])cc1. The summed E-state index contributed by atoms with van der Waals surface area (Å²) in [6, 6.07) is 13.8. The minimum atomic E-state index is -0.421. The van der Waals surface area contributed by atoms with Crippen LogP contribution >= 0.6 is 0 Å². The lowest BCUT2D eigenvalue weighted by molar-refractivity contribution is -0.384. The molecule has 2 aromatic rings. The Kier molecular flexibility index (Phi) is 4.32. The standard InChI is InChI=1S/C15H16N2O3/c1-11(16)14-4-2-3-5-15(14)20-10-12-6-8-13(9-7-12)17(18)19/h2-9,11H,10,16H2,1H3/t11-/m1/s1. The summed E-state index contributed by atoms with van der Waals surface area (Å²) >= 11 is 0. The van der Waals surface area contributed by atoms with E-state index in [2.05, 4.69) is 0 Å². The van der Waals surface area contributed by atoms with Gasteiger partial charge < -0.3 is 10.5 Å². The third-order valence-corrected chi connectivity index (χ3v) is 2.95. The molecule has 0 aromatic heterocycles. The quantitative estimate of drug-likeness (QED) is 0.669. The molecule has 0 radical (unpaired) electrons. The molecule has 0 aliphatic carbocycles. The maximum Gasteiger partial charge on any atom is 0.269 e. The van der Waals surface area contributed by atoms with Crippen LogP contribution in [0.2, 0.25) is 0 Å². The largest absolute Gasteiger partial charge is 0.489 e. The third kappa shape index (κ3) is 3.33. The Hall–Kier alpha value is -2.40. The molecule has 0 aliphatic heterocycles. The molecule has 20 heavy (non-hydrogen) atoms. The van der Waals surface area contributed by atoms with Crippen LogP contribution in [0, 0.1) is 10.1 Å². The van der Waals surface area contributed by atoms with E-state index in [4.69, 9.17) is 10.5 Å². The molecular weight excluding hydrogens is 256 g/mol. The van der Waals surface area contributed by atoms with E-state index in [-0.39, 0.29) is 11.7 Å². The maximum atomic E-state index is 10.6. The highest BCUT2D eigenvalue weighted by atomic mass is 16.6. The first-order valence-corrected chi connectivity index (χ1v) is 6.28. The van der Waals surface area contributed by atoms with Gasteiger partial charge >= 0.3 is 0 Å². The van der Waals surface area contributed by atoms with Crippen LogP contribution in [0.4, 0.5) is 5.69 Å². The number of rotatable bonds is 5. The highest BCUT2D eigenvalue weighted by Gasteiger charge is 2.08. The topological polar surface area (TPSA) is 78.4 Å². The van der Waals surface area contributed by atoms with Gasteiger partial charge in [-0.2, -0.15) is 0 Å². The first-order valence-electron chi connectivity index (χ1n) is 6.28. The van der Waals surface area contributed by atoms with Crippen molar-refractivity contribution in [2.75, 3.05) is 0 Å². The molecule has 5 heteroatoms. The van der Waals surface area contributed by atoms with Gasteiger partial charge in [0, 0.05) is 23.7 Å². The maximum absolute atomic E-state index is 10.6. The number of benzene rings is 2. The average Bonchev–Trinajstić information content (AvgIpc) is 2.45. The summed E-state index contributed by atoms with van der Waals surface area (Å²) in [7, 11) is 0. The summed E-state index contributed by atoms with van der Waals surface area (Å²) in [6.07, 6.45) is 0. The van der Waals surface area contributed by atoms with Crippen LogP contribution in [0.25, 0.3) is 0 Å². The van der Waals surface area contributed by atoms with Crippen molar-refractivity contribution in [1.29, 1.82) is 0 Å². The van der Waals surface area contributed by atoms with Gasteiger partial charge in [0.15, 0.2) is 0 Å². The van der Waals surface area contributed by atoms with Gasteiger partial charge in [0.05, 0.1) is 4.92 Å². The molecule has 1 atom stereocenters. The number of ether oxygens (including phenoxy) is 1. The highest BCUT2D eigenvalue weighted by molar-refractivity contribution is 5.36. The minimum absolute atomic E-state index is 0.0738. The smallest absolute Gasteiger partial charge is 0.269 e. The predicted octanol–water partition coefficient (Wildman–Crippen LogP) is 3.19. The van der Waals surface area contributed by atoms with E-state index in [9.17, 15) is 10.1 Å². The van der Waals surface area contributed by atoms with Crippen LogP contribution in [0.3, 0.4) is 0 Å². The van der Waals surface area contributed by atoms with Crippen molar-refractivity contribution in [1.82, 2.24) is 0 Å². The molecule has 104 valence electrons. The van der Waals surface area contributed by atoms with Crippen LogP contribution < -0.4 is 10.5 Å². The molecule has 0 bridgehead atoms. The van der Waals surface area contributed by atoms with Gasteiger partial charge in [-0.3, -0.25) is 10.1 Å². The second kappa shape index (κ2) is 6.16. The van der Waals surface area contributed by atoms with Crippen molar-refractivity contribution in [2.45, 2.75) is 19.6 Å². The van der Waals surface area contributed by atoms with Crippen molar-refractivity contribution >= 4 is 5.69 Å². The van der Waals surface area contributed by atoms with E-state index in [0.717, 1.165) is 16.9 Å². The number of hydrogen-bond acceptors (Lipinski definition) is 4. The average molecular weight is 272 g/mol. The van der Waals surface area contributed by atoms with E-state index in [1.807, 2.05) is 31.2 Å². The fourth-order valence-electron chi connectivity index (χ4n) is 1.86. The monoisotopic (exact) mass is 272 g/mol. The van der Waals surface area contributed by atoms with Gasteiger partial charge in [0.1, 0.15) is 12.4 Å². The van der Waals surface area contributed by atoms with Gasteiger partial charge in [-0.15, -0.1) is 0 Å². The molecular formula is C15H16N2O3. The molecule has 0 fully saturated rings. The number of non-ortho nitro benzene ring substituents is 1. The summed E-state index contributed by atoms with van der Waals surface area (Å²) in [5, 5.41) is 10.6. The van der Waals surface area contributed by atoms with E-state index in [1.54, 1.807) is 12.1 Å². The molecule has 0 saturated carbocycles. The zero-order valence-electron chi connectivity index (χ0n) is 11.2. The van der Waals surface area contributed by atoms with Gasteiger partial charge in [0.25, 0.3) is 5.69 Å². The molecule has 0 amide bonds. The number of para-hydroxylation sites is 1.